The summed E-state index contributed by atoms with van der Waals surface area (Å²) in [5.74, 6) is 1.72. The minimum atomic E-state index is -2.85. The zero-order valence-corrected chi connectivity index (χ0v) is 29.6. The Hall–Kier alpha value is -6.63. The number of halogens is 1. The van der Waals surface area contributed by atoms with Crippen LogP contribution in [-0.2, 0) is 0 Å². The van der Waals surface area contributed by atoms with Gasteiger partial charge in [-0.25, -0.2) is 9.37 Å². The van der Waals surface area contributed by atoms with Gasteiger partial charge in [-0.3, -0.25) is 9.55 Å². The van der Waals surface area contributed by atoms with Gasteiger partial charge in [0.25, 0.3) is 0 Å². The number of fused-ring (bicyclic) bond motifs is 6. The summed E-state index contributed by atoms with van der Waals surface area (Å²) in [6.07, 6.45) is 2.23. The molecule has 1 unspecified atom stereocenters. The zero-order chi connectivity index (χ0) is 35.4. The van der Waals surface area contributed by atoms with Crippen molar-refractivity contribution in [2.75, 3.05) is 0 Å². The number of ether oxygens (including phenoxy) is 1. The van der Waals surface area contributed by atoms with Gasteiger partial charge in [0, 0.05) is 29.0 Å². The normalized spacial score (nSPS) is 13.6. The Morgan fingerprint density at radius 1 is 0.566 bits per heavy atom. The van der Waals surface area contributed by atoms with Crippen LogP contribution in [0.4, 0.5) is 4.39 Å². The predicted octanol–water partition coefficient (Wildman–Crippen LogP) is 8.78. The summed E-state index contributed by atoms with van der Waals surface area (Å²) in [7, 11) is -2.85. The number of hydrogen-bond acceptors (Lipinski definition) is 3. The second-order valence-electron chi connectivity index (χ2n) is 13.4. The molecule has 1 aliphatic heterocycles. The van der Waals surface area contributed by atoms with Crippen LogP contribution in [0.5, 0.6) is 11.5 Å². The number of pyridine rings is 2. The minimum absolute atomic E-state index is 0.564. The Kier molecular flexibility index (Phi) is 7.37. The highest BCUT2D eigenvalue weighted by atomic mass is 28.3. The van der Waals surface area contributed by atoms with Crippen molar-refractivity contribution in [2.45, 2.75) is 6.17 Å². The van der Waals surface area contributed by atoms with Crippen LogP contribution >= 0.6 is 0 Å². The topological polar surface area (TPSA) is 39.9 Å². The standard InChI is InChI=1S/C47H32FN3OSi/c48-45(33-15-11-14-32(30-33)39-23-9-10-28-49-39)34-16-12-17-35(31-34)51-40-26-27-43-46(44(40)38-22-13-29-50-47(38)51)52-41-24-7-8-25-42(41)53(43,36-18-3-1-4-19-36)37-20-5-2-6-21-37/h1-31,45H. The summed E-state index contributed by atoms with van der Waals surface area (Å²) >= 11 is 0. The number of benzene rings is 6. The molecule has 4 heterocycles. The maximum absolute atomic E-state index is 16.5. The summed E-state index contributed by atoms with van der Waals surface area (Å²) in [5.41, 5.74) is 5.40. The maximum Gasteiger partial charge on any atom is 0.188 e. The Morgan fingerprint density at radius 3 is 2.04 bits per heavy atom. The minimum Gasteiger partial charge on any atom is -0.457 e. The molecule has 0 radical (unpaired) electrons. The largest absolute Gasteiger partial charge is 0.457 e. The highest BCUT2D eigenvalue weighted by Crippen LogP contribution is 2.41. The van der Waals surface area contributed by atoms with Crippen molar-refractivity contribution >= 4 is 50.8 Å². The van der Waals surface area contributed by atoms with E-state index in [0.717, 1.165) is 50.4 Å². The van der Waals surface area contributed by atoms with Crippen LogP contribution in [0.1, 0.15) is 17.3 Å². The van der Waals surface area contributed by atoms with Crippen molar-refractivity contribution in [3.8, 4) is 28.4 Å². The monoisotopic (exact) mass is 701 g/mol. The van der Waals surface area contributed by atoms with E-state index in [1.807, 2.05) is 79.0 Å². The third-order valence-corrected chi connectivity index (χ3v) is 15.3. The first kappa shape index (κ1) is 31.1. The molecule has 0 saturated heterocycles. The molecule has 0 spiro atoms. The van der Waals surface area contributed by atoms with E-state index in [4.69, 9.17) is 9.72 Å². The lowest BCUT2D eigenvalue weighted by Gasteiger charge is -2.39. The summed E-state index contributed by atoms with van der Waals surface area (Å²) in [6.45, 7) is 0. The predicted molar refractivity (Wildman–Crippen MR) is 215 cm³/mol. The van der Waals surface area contributed by atoms with Crippen molar-refractivity contribution < 1.29 is 9.13 Å². The Labute approximate surface area is 307 Å². The van der Waals surface area contributed by atoms with Gasteiger partial charge >= 0.3 is 0 Å². The number of hydrogen-bond donors (Lipinski definition) is 0. The SMILES string of the molecule is FC(c1cccc(-c2ccccn2)c1)c1cccc(-n2c3ccc4c(c3c3cccnc32)Oc2ccccc2[Si]4(c2ccccc2)c2ccccc2)c1. The molecule has 6 heteroatoms. The van der Waals surface area contributed by atoms with Crippen molar-refractivity contribution in [2.24, 2.45) is 0 Å². The van der Waals surface area contributed by atoms with Crippen LogP contribution in [-0.4, -0.2) is 22.6 Å². The van der Waals surface area contributed by atoms with Crippen LogP contribution < -0.4 is 25.5 Å². The fourth-order valence-corrected chi connectivity index (χ4v) is 13.2. The average Bonchev–Trinajstić information content (AvgIpc) is 3.58. The van der Waals surface area contributed by atoms with E-state index in [2.05, 4.69) is 113 Å². The van der Waals surface area contributed by atoms with Gasteiger partial charge in [0.2, 0.25) is 0 Å². The smallest absolute Gasteiger partial charge is 0.188 e. The quantitative estimate of drug-likeness (QED) is 0.163. The van der Waals surface area contributed by atoms with E-state index in [1.165, 1.54) is 20.7 Å². The highest BCUT2D eigenvalue weighted by molar-refractivity contribution is 7.20. The lowest BCUT2D eigenvalue weighted by Crippen LogP contribution is -2.76. The first-order chi connectivity index (χ1) is 26.2. The van der Waals surface area contributed by atoms with Crippen LogP contribution in [0.25, 0.3) is 38.9 Å². The third kappa shape index (κ3) is 4.87. The first-order valence-electron chi connectivity index (χ1n) is 17.8. The molecule has 9 aromatic rings. The van der Waals surface area contributed by atoms with Crippen molar-refractivity contribution in [3.05, 3.63) is 199 Å². The van der Waals surface area contributed by atoms with Crippen molar-refractivity contribution in [1.82, 2.24) is 14.5 Å². The van der Waals surface area contributed by atoms with E-state index < -0.39 is 14.2 Å². The lowest BCUT2D eigenvalue weighted by atomic mass is 9.99. The van der Waals surface area contributed by atoms with Gasteiger partial charge in [-0.1, -0.05) is 121 Å². The highest BCUT2D eigenvalue weighted by Gasteiger charge is 2.48. The molecule has 0 bridgehead atoms. The molecule has 1 atom stereocenters. The molecule has 6 aromatic carbocycles. The molecule has 0 saturated carbocycles. The van der Waals surface area contributed by atoms with Gasteiger partial charge in [0.1, 0.15) is 17.1 Å². The van der Waals surface area contributed by atoms with Crippen LogP contribution in [0.2, 0.25) is 0 Å². The Bertz CT molecular complexity index is 2750. The van der Waals surface area contributed by atoms with Crippen LogP contribution in [0.15, 0.2) is 188 Å². The number of aromatic nitrogens is 3. The zero-order valence-electron chi connectivity index (χ0n) is 28.6. The number of nitrogens with zero attached hydrogens (tertiary/aromatic N) is 3. The fraction of sp³-hybridized carbons (Fsp3) is 0.0213. The molecule has 0 aliphatic carbocycles. The van der Waals surface area contributed by atoms with Gasteiger partial charge in [-0.2, -0.15) is 0 Å². The summed E-state index contributed by atoms with van der Waals surface area (Å²) < 4.78 is 25.7. The van der Waals surface area contributed by atoms with Gasteiger partial charge in [-0.05, 0) is 86.5 Å². The van der Waals surface area contributed by atoms with Crippen molar-refractivity contribution in [3.63, 3.8) is 0 Å². The first-order valence-corrected chi connectivity index (χ1v) is 19.8. The number of alkyl halides is 1. The van der Waals surface area contributed by atoms with Gasteiger partial charge < -0.3 is 4.74 Å². The summed E-state index contributed by atoms with van der Waals surface area (Å²) in [6, 6.07) is 59.9. The number of rotatable bonds is 6. The van der Waals surface area contributed by atoms with Crippen LogP contribution in [0.3, 0.4) is 0 Å². The fourth-order valence-electron chi connectivity index (χ4n) is 8.25. The van der Waals surface area contributed by atoms with Gasteiger partial charge in [0.05, 0.1) is 16.6 Å². The molecule has 252 valence electrons. The molecular formula is C47H32FN3OSi. The number of para-hydroxylation sites is 1. The summed E-state index contributed by atoms with van der Waals surface area (Å²) in [5, 5.41) is 6.97. The summed E-state index contributed by atoms with van der Waals surface area (Å²) in [4.78, 5) is 9.41. The molecule has 53 heavy (non-hydrogen) atoms. The molecule has 3 aromatic heterocycles. The molecule has 0 amide bonds. The third-order valence-electron chi connectivity index (χ3n) is 10.5. The molecular weight excluding hydrogens is 670 g/mol. The van der Waals surface area contributed by atoms with E-state index in [0.29, 0.717) is 11.1 Å². The van der Waals surface area contributed by atoms with E-state index in [-0.39, 0.29) is 0 Å². The van der Waals surface area contributed by atoms with E-state index >= 15 is 4.39 Å². The molecule has 0 N–H and O–H groups in total. The second-order valence-corrected chi connectivity index (χ2v) is 17.2. The molecule has 10 rings (SSSR count). The maximum atomic E-state index is 16.5. The van der Waals surface area contributed by atoms with E-state index in [1.54, 1.807) is 6.20 Å². The second kappa shape index (κ2) is 12.5. The average molecular weight is 702 g/mol. The Balaban J connectivity index is 1.19. The van der Waals surface area contributed by atoms with Gasteiger partial charge in [-0.15, -0.1) is 0 Å². The molecule has 1 aliphatic rings. The molecule has 0 fully saturated rings. The lowest BCUT2D eigenvalue weighted by molar-refractivity contribution is 0.402. The van der Waals surface area contributed by atoms with E-state index in [9.17, 15) is 0 Å². The van der Waals surface area contributed by atoms with Crippen LogP contribution in [0, 0.1) is 0 Å². The Morgan fingerprint density at radius 2 is 1.26 bits per heavy atom. The van der Waals surface area contributed by atoms with Crippen molar-refractivity contribution in [1.29, 1.82) is 0 Å². The van der Waals surface area contributed by atoms with Gasteiger partial charge in [0.15, 0.2) is 14.2 Å². The molecule has 4 nitrogen and oxygen atoms in total.